The molecule has 0 fully saturated rings. The molecular formula is C26H42O16. The summed E-state index contributed by atoms with van der Waals surface area (Å²) in [7, 11) is 0. The van der Waals surface area contributed by atoms with E-state index in [9.17, 15) is 38.4 Å². The Bertz CT molecular complexity index is 781. The van der Waals surface area contributed by atoms with Crippen molar-refractivity contribution < 1.29 is 79.2 Å². The molecule has 16 heteroatoms. The van der Waals surface area contributed by atoms with Gasteiger partial charge in [-0.25, -0.2) is 9.59 Å². The third-order valence-corrected chi connectivity index (χ3v) is 4.48. The van der Waals surface area contributed by atoms with E-state index in [0.29, 0.717) is 25.0 Å². The van der Waals surface area contributed by atoms with Gasteiger partial charge in [-0.05, 0) is 25.7 Å². The van der Waals surface area contributed by atoms with Gasteiger partial charge in [-0.2, -0.15) is 0 Å². The van der Waals surface area contributed by atoms with Crippen LogP contribution < -0.4 is 0 Å². The van der Waals surface area contributed by atoms with Crippen LogP contribution in [0.15, 0.2) is 12.2 Å². The Morgan fingerprint density at radius 2 is 0.500 bits per heavy atom. The van der Waals surface area contributed by atoms with Crippen molar-refractivity contribution in [2.24, 2.45) is 0 Å². The third kappa shape index (κ3) is 65.0. The van der Waals surface area contributed by atoms with Gasteiger partial charge < -0.3 is 40.9 Å². The number of rotatable bonds is 21. The summed E-state index contributed by atoms with van der Waals surface area (Å²) >= 11 is 0. The van der Waals surface area contributed by atoms with E-state index in [1.54, 1.807) is 0 Å². The molecule has 16 nitrogen and oxygen atoms in total. The lowest BCUT2D eigenvalue weighted by molar-refractivity contribution is -0.147. The summed E-state index contributed by atoms with van der Waals surface area (Å²) in [5.41, 5.74) is 0. The predicted octanol–water partition coefficient (Wildman–Crippen LogP) is 3.42. The summed E-state index contributed by atoms with van der Waals surface area (Å²) in [5, 5.41) is 64.4. The van der Waals surface area contributed by atoms with E-state index in [4.69, 9.17) is 40.9 Å². The summed E-state index contributed by atoms with van der Waals surface area (Å²) in [5.74, 6) is -8.14. The van der Waals surface area contributed by atoms with Gasteiger partial charge in [0.2, 0.25) is 0 Å². The van der Waals surface area contributed by atoms with Crippen LogP contribution in [0.2, 0.25) is 0 Å². The predicted molar refractivity (Wildman–Crippen MR) is 144 cm³/mol. The van der Waals surface area contributed by atoms with Crippen molar-refractivity contribution in [3.05, 3.63) is 12.2 Å². The molecule has 0 aromatic carbocycles. The highest BCUT2D eigenvalue weighted by atomic mass is 16.4. The van der Waals surface area contributed by atoms with E-state index >= 15 is 0 Å². The van der Waals surface area contributed by atoms with Crippen LogP contribution in [-0.2, 0) is 38.4 Å². The standard InChI is InChI=1S/C10H18O4.C9H16O4.C4H4O4.C3H4O4/c11-9(12)7-5-3-1-2-4-6-8-10(13)14;10-8(11)6-4-2-1-3-5-7-9(12)13;5-3(6)1-2-4(7)8;4-2(5)1-3(6)7/h1-8H2,(H,11,12)(H,13,14);1-7H2,(H,10,11)(H,12,13);1-2H,(H,5,6)(H,7,8);1H2,(H,4,5)(H,6,7). The Hall–Kier alpha value is -4.50. The van der Waals surface area contributed by atoms with E-state index in [2.05, 4.69) is 0 Å². The Kier molecular flexibility index (Phi) is 34.7. The van der Waals surface area contributed by atoms with E-state index in [1.165, 1.54) is 0 Å². The zero-order valence-electron chi connectivity index (χ0n) is 23.3. The second kappa shape index (κ2) is 32.7. The maximum absolute atomic E-state index is 10.1. The largest absolute Gasteiger partial charge is 0.481 e. The van der Waals surface area contributed by atoms with Gasteiger partial charge >= 0.3 is 47.8 Å². The topological polar surface area (TPSA) is 298 Å². The molecule has 0 saturated heterocycles. The molecule has 0 atom stereocenters. The number of carboxylic acids is 8. The molecule has 0 aliphatic heterocycles. The quantitative estimate of drug-likeness (QED) is 0.0524. The van der Waals surface area contributed by atoms with Gasteiger partial charge in [-0.15, -0.1) is 0 Å². The molecule has 0 aliphatic rings. The Morgan fingerprint density at radius 1 is 0.310 bits per heavy atom. The first-order chi connectivity index (χ1) is 19.5. The normalized spacial score (nSPS) is 9.52. The average Bonchev–Trinajstić information content (AvgIpc) is 2.83. The molecule has 0 heterocycles. The smallest absolute Gasteiger partial charge is 0.328 e. The lowest BCUT2D eigenvalue weighted by atomic mass is 10.1. The van der Waals surface area contributed by atoms with Crippen LogP contribution in [0.4, 0.5) is 0 Å². The number of carbonyl (C=O) groups is 8. The Balaban J connectivity index is -0.000000239. The van der Waals surface area contributed by atoms with Crippen LogP contribution in [0, 0.1) is 0 Å². The van der Waals surface area contributed by atoms with Crippen LogP contribution >= 0.6 is 0 Å². The lowest BCUT2D eigenvalue weighted by Crippen LogP contribution is -2.03. The van der Waals surface area contributed by atoms with Crippen molar-refractivity contribution in [3.63, 3.8) is 0 Å². The van der Waals surface area contributed by atoms with Crippen molar-refractivity contribution >= 4 is 47.8 Å². The van der Waals surface area contributed by atoms with Crippen molar-refractivity contribution in [1.82, 2.24) is 0 Å². The summed E-state index contributed by atoms with van der Waals surface area (Å²) in [4.78, 5) is 78.5. The fourth-order valence-electron chi connectivity index (χ4n) is 2.61. The number of aliphatic carboxylic acids is 8. The minimum absolute atomic E-state index is 0.221. The van der Waals surface area contributed by atoms with E-state index in [-0.39, 0.29) is 25.7 Å². The second-order valence-corrected chi connectivity index (χ2v) is 8.44. The molecule has 242 valence electrons. The summed E-state index contributed by atoms with van der Waals surface area (Å²) in [6, 6.07) is 0. The molecule has 0 bridgehead atoms. The van der Waals surface area contributed by atoms with Gasteiger partial charge in [0.05, 0.1) is 0 Å². The average molecular weight is 611 g/mol. The Labute approximate surface area is 242 Å². The lowest BCUT2D eigenvalue weighted by Gasteiger charge is -1.98. The highest BCUT2D eigenvalue weighted by molar-refractivity contribution is 5.89. The zero-order chi connectivity index (χ0) is 33.3. The first-order valence-electron chi connectivity index (χ1n) is 13.0. The summed E-state index contributed by atoms with van der Waals surface area (Å²) in [6.45, 7) is 0. The van der Waals surface area contributed by atoms with Crippen molar-refractivity contribution in [2.75, 3.05) is 0 Å². The number of hydrogen-bond acceptors (Lipinski definition) is 8. The van der Waals surface area contributed by atoms with Crippen molar-refractivity contribution in [3.8, 4) is 0 Å². The SMILES string of the molecule is O=C(O)C=CC(=O)O.O=C(O)CC(=O)O.O=C(O)CCCCCCCC(=O)O.O=C(O)CCCCCCCCC(=O)O. The minimum atomic E-state index is -1.31. The highest BCUT2D eigenvalue weighted by Gasteiger charge is 2.02. The maximum Gasteiger partial charge on any atom is 0.328 e. The summed E-state index contributed by atoms with van der Waals surface area (Å²) in [6.07, 6.45) is 10.7. The molecule has 0 aromatic heterocycles. The van der Waals surface area contributed by atoms with Crippen LogP contribution in [0.1, 0.15) is 103 Å². The van der Waals surface area contributed by atoms with E-state index in [1.807, 2.05) is 0 Å². The molecular weight excluding hydrogens is 568 g/mol. The molecule has 0 aromatic rings. The monoisotopic (exact) mass is 610 g/mol. The third-order valence-electron chi connectivity index (χ3n) is 4.48. The first-order valence-corrected chi connectivity index (χ1v) is 13.0. The summed E-state index contributed by atoms with van der Waals surface area (Å²) < 4.78 is 0. The second-order valence-electron chi connectivity index (χ2n) is 8.44. The molecule has 0 spiro atoms. The molecule has 0 saturated carbocycles. The fraction of sp³-hybridized carbons (Fsp3) is 0.615. The van der Waals surface area contributed by atoms with Gasteiger partial charge in [-0.1, -0.05) is 44.9 Å². The molecule has 0 unspecified atom stereocenters. The number of hydrogen-bond donors (Lipinski definition) is 8. The van der Waals surface area contributed by atoms with Crippen LogP contribution in [0.3, 0.4) is 0 Å². The number of unbranched alkanes of at least 4 members (excludes halogenated alkanes) is 9. The first kappa shape index (κ1) is 44.5. The minimum Gasteiger partial charge on any atom is -0.481 e. The molecule has 42 heavy (non-hydrogen) atoms. The number of carboxylic acid groups (broad SMARTS) is 8. The molecule has 0 radical (unpaired) electrons. The van der Waals surface area contributed by atoms with Crippen LogP contribution in [0.25, 0.3) is 0 Å². The molecule has 0 rings (SSSR count). The molecule has 8 N–H and O–H groups in total. The fourth-order valence-corrected chi connectivity index (χ4v) is 2.61. The van der Waals surface area contributed by atoms with Gasteiger partial charge in [-0.3, -0.25) is 28.8 Å². The van der Waals surface area contributed by atoms with Gasteiger partial charge in [0.15, 0.2) is 0 Å². The van der Waals surface area contributed by atoms with Gasteiger partial charge in [0, 0.05) is 37.8 Å². The maximum atomic E-state index is 10.1. The van der Waals surface area contributed by atoms with E-state index in [0.717, 1.165) is 57.8 Å². The van der Waals surface area contributed by atoms with Gasteiger partial charge in [0.1, 0.15) is 6.42 Å². The van der Waals surface area contributed by atoms with E-state index < -0.39 is 54.2 Å². The highest BCUT2D eigenvalue weighted by Crippen LogP contribution is 2.08. The zero-order valence-corrected chi connectivity index (χ0v) is 23.3. The Morgan fingerprint density at radius 3 is 0.619 bits per heavy atom. The van der Waals surface area contributed by atoms with Crippen molar-refractivity contribution in [1.29, 1.82) is 0 Å². The molecule has 0 amide bonds. The van der Waals surface area contributed by atoms with Crippen LogP contribution in [-0.4, -0.2) is 88.6 Å². The molecule has 0 aliphatic carbocycles. The van der Waals surface area contributed by atoms with Crippen molar-refractivity contribution in [2.45, 2.75) is 103 Å². The van der Waals surface area contributed by atoms with Crippen LogP contribution in [0.5, 0.6) is 0 Å². The van der Waals surface area contributed by atoms with Gasteiger partial charge in [0.25, 0.3) is 0 Å².